The van der Waals surface area contributed by atoms with Gasteiger partial charge in [-0.25, -0.2) is 9.67 Å². The number of ether oxygens (including phenoxy) is 1. The van der Waals surface area contributed by atoms with E-state index in [9.17, 15) is 4.79 Å². The molecule has 0 bridgehead atoms. The number of fused-ring (bicyclic) bond motifs is 1. The standard InChI is InChI=1S/C11H16N4O2S/c1-4-17-6-5-8(16)12-11-13-10-9(18-11)7(2)14-15(10)3/h4-6H2,1-3H3,(H,12,13,16). The summed E-state index contributed by atoms with van der Waals surface area (Å²) in [6, 6.07) is 0. The number of hydrogen-bond acceptors (Lipinski definition) is 5. The number of rotatable bonds is 5. The van der Waals surface area contributed by atoms with Crippen LogP contribution in [0.15, 0.2) is 0 Å². The first kappa shape index (κ1) is 13.0. The number of carbonyl (C=O) groups is 1. The summed E-state index contributed by atoms with van der Waals surface area (Å²) in [5, 5.41) is 7.65. The van der Waals surface area contributed by atoms with Gasteiger partial charge < -0.3 is 10.1 Å². The van der Waals surface area contributed by atoms with Crippen LogP contribution in [-0.2, 0) is 16.6 Å². The van der Waals surface area contributed by atoms with Crippen molar-refractivity contribution in [3.63, 3.8) is 0 Å². The molecule has 2 heterocycles. The van der Waals surface area contributed by atoms with Crippen molar-refractivity contribution in [3.05, 3.63) is 5.69 Å². The fourth-order valence-electron chi connectivity index (χ4n) is 1.63. The number of aromatic nitrogens is 3. The van der Waals surface area contributed by atoms with Gasteiger partial charge in [-0.05, 0) is 13.8 Å². The number of anilines is 1. The number of aryl methyl sites for hydroxylation is 2. The van der Waals surface area contributed by atoms with Crippen LogP contribution in [0.1, 0.15) is 19.0 Å². The van der Waals surface area contributed by atoms with Gasteiger partial charge in [0.15, 0.2) is 10.8 Å². The van der Waals surface area contributed by atoms with E-state index < -0.39 is 0 Å². The molecule has 0 spiro atoms. The first-order chi connectivity index (χ1) is 8.61. The minimum Gasteiger partial charge on any atom is -0.381 e. The smallest absolute Gasteiger partial charge is 0.228 e. The fourth-order valence-corrected chi connectivity index (χ4v) is 2.58. The minimum atomic E-state index is -0.0758. The van der Waals surface area contributed by atoms with Gasteiger partial charge in [-0.15, -0.1) is 0 Å². The molecule has 0 atom stereocenters. The van der Waals surface area contributed by atoms with Crippen molar-refractivity contribution in [3.8, 4) is 0 Å². The van der Waals surface area contributed by atoms with Crippen molar-refractivity contribution < 1.29 is 9.53 Å². The van der Waals surface area contributed by atoms with Crippen LogP contribution in [0.4, 0.5) is 5.13 Å². The average Bonchev–Trinajstić information content (AvgIpc) is 2.82. The van der Waals surface area contributed by atoms with Gasteiger partial charge in [-0.3, -0.25) is 4.79 Å². The summed E-state index contributed by atoms with van der Waals surface area (Å²) in [7, 11) is 1.84. The Bertz CT molecular complexity index is 526. The molecule has 0 aliphatic carbocycles. The largest absolute Gasteiger partial charge is 0.381 e. The van der Waals surface area contributed by atoms with E-state index in [4.69, 9.17) is 4.74 Å². The molecule has 0 saturated heterocycles. The van der Waals surface area contributed by atoms with E-state index in [-0.39, 0.29) is 5.91 Å². The zero-order valence-electron chi connectivity index (χ0n) is 10.7. The highest BCUT2D eigenvalue weighted by molar-refractivity contribution is 7.22. The summed E-state index contributed by atoms with van der Waals surface area (Å²) in [5.41, 5.74) is 1.73. The summed E-state index contributed by atoms with van der Waals surface area (Å²) in [5.74, 6) is -0.0758. The second-order valence-corrected chi connectivity index (χ2v) is 4.87. The van der Waals surface area contributed by atoms with E-state index in [1.54, 1.807) is 4.68 Å². The maximum absolute atomic E-state index is 11.6. The van der Waals surface area contributed by atoms with Crippen LogP contribution >= 0.6 is 11.3 Å². The summed E-state index contributed by atoms with van der Waals surface area (Å²) in [6.07, 6.45) is 0.348. The minimum absolute atomic E-state index is 0.0758. The normalized spacial score (nSPS) is 11.1. The Balaban J connectivity index is 2.03. The summed E-state index contributed by atoms with van der Waals surface area (Å²) < 4.78 is 7.86. The Hall–Kier alpha value is -1.47. The molecule has 2 aromatic rings. The van der Waals surface area contributed by atoms with Gasteiger partial charge in [-0.1, -0.05) is 11.3 Å². The lowest BCUT2D eigenvalue weighted by atomic mass is 10.4. The van der Waals surface area contributed by atoms with Gasteiger partial charge in [0.2, 0.25) is 5.91 Å². The summed E-state index contributed by atoms with van der Waals surface area (Å²) in [6.45, 7) is 4.90. The number of amides is 1. The van der Waals surface area contributed by atoms with Gasteiger partial charge in [0.1, 0.15) is 0 Å². The van der Waals surface area contributed by atoms with Gasteiger partial charge in [-0.2, -0.15) is 5.10 Å². The summed E-state index contributed by atoms with van der Waals surface area (Å²) >= 11 is 1.45. The third-order valence-corrected chi connectivity index (χ3v) is 3.54. The van der Waals surface area contributed by atoms with Crippen molar-refractivity contribution >= 4 is 32.7 Å². The molecule has 0 aromatic carbocycles. The molecule has 98 valence electrons. The monoisotopic (exact) mass is 268 g/mol. The van der Waals surface area contributed by atoms with Crippen LogP contribution in [0.25, 0.3) is 10.3 Å². The Morgan fingerprint density at radius 2 is 2.33 bits per heavy atom. The predicted octanol–water partition coefficient (Wildman–Crippen LogP) is 1.70. The lowest BCUT2D eigenvalue weighted by molar-refractivity contribution is -0.117. The molecule has 0 saturated carbocycles. The molecule has 6 nitrogen and oxygen atoms in total. The van der Waals surface area contributed by atoms with Gasteiger partial charge in [0.05, 0.1) is 23.4 Å². The van der Waals surface area contributed by atoms with Crippen LogP contribution in [0.2, 0.25) is 0 Å². The van der Waals surface area contributed by atoms with E-state index in [1.165, 1.54) is 11.3 Å². The van der Waals surface area contributed by atoms with Crippen molar-refractivity contribution in [2.45, 2.75) is 20.3 Å². The lowest BCUT2D eigenvalue weighted by Crippen LogP contribution is -2.14. The Morgan fingerprint density at radius 1 is 1.56 bits per heavy atom. The van der Waals surface area contributed by atoms with Gasteiger partial charge in [0, 0.05) is 13.7 Å². The Labute approximate surface area is 109 Å². The molecular weight excluding hydrogens is 252 g/mol. The molecular formula is C11H16N4O2S. The van der Waals surface area contributed by atoms with Gasteiger partial charge >= 0.3 is 0 Å². The predicted molar refractivity (Wildman–Crippen MR) is 70.9 cm³/mol. The average molecular weight is 268 g/mol. The van der Waals surface area contributed by atoms with Crippen molar-refractivity contribution in [2.24, 2.45) is 7.05 Å². The molecule has 0 fully saturated rings. The van der Waals surface area contributed by atoms with E-state index in [1.807, 2.05) is 20.9 Å². The highest BCUT2D eigenvalue weighted by atomic mass is 32.1. The molecule has 18 heavy (non-hydrogen) atoms. The van der Waals surface area contributed by atoms with Crippen LogP contribution in [-0.4, -0.2) is 33.9 Å². The van der Waals surface area contributed by atoms with Crippen molar-refractivity contribution in [2.75, 3.05) is 18.5 Å². The second kappa shape index (κ2) is 5.45. The first-order valence-electron chi connectivity index (χ1n) is 5.79. The number of carbonyl (C=O) groups excluding carboxylic acids is 1. The highest BCUT2D eigenvalue weighted by Gasteiger charge is 2.13. The molecule has 2 aromatic heterocycles. The van der Waals surface area contributed by atoms with E-state index in [2.05, 4.69) is 15.4 Å². The number of nitrogens with zero attached hydrogens (tertiary/aromatic N) is 3. The topological polar surface area (TPSA) is 69.0 Å². The Kier molecular flexibility index (Phi) is 3.93. The maximum Gasteiger partial charge on any atom is 0.228 e. The Morgan fingerprint density at radius 3 is 3.00 bits per heavy atom. The van der Waals surface area contributed by atoms with Crippen LogP contribution in [0, 0.1) is 6.92 Å². The quantitative estimate of drug-likeness (QED) is 0.838. The first-order valence-corrected chi connectivity index (χ1v) is 6.61. The fraction of sp³-hybridized carbons (Fsp3) is 0.545. The number of hydrogen-bond donors (Lipinski definition) is 1. The molecule has 0 aliphatic rings. The van der Waals surface area contributed by atoms with Crippen molar-refractivity contribution in [1.29, 1.82) is 0 Å². The zero-order chi connectivity index (χ0) is 13.1. The van der Waals surface area contributed by atoms with E-state index >= 15 is 0 Å². The zero-order valence-corrected chi connectivity index (χ0v) is 11.5. The second-order valence-electron chi connectivity index (χ2n) is 3.88. The third-order valence-electron chi connectivity index (χ3n) is 2.47. The van der Waals surface area contributed by atoms with E-state index in [0.717, 1.165) is 16.0 Å². The summed E-state index contributed by atoms with van der Waals surface area (Å²) in [4.78, 5) is 16.0. The molecule has 0 aliphatic heterocycles. The molecule has 1 amide bonds. The number of nitrogens with one attached hydrogen (secondary N) is 1. The van der Waals surface area contributed by atoms with Crippen LogP contribution < -0.4 is 5.32 Å². The van der Waals surface area contributed by atoms with Gasteiger partial charge in [0.25, 0.3) is 0 Å². The SMILES string of the molecule is CCOCCC(=O)Nc1nc2c(s1)c(C)nn2C. The maximum atomic E-state index is 11.6. The molecule has 0 unspecified atom stereocenters. The van der Waals surface area contributed by atoms with Crippen LogP contribution in [0.5, 0.6) is 0 Å². The lowest BCUT2D eigenvalue weighted by Gasteiger charge is -2.01. The van der Waals surface area contributed by atoms with Crippen LogP contribution in [0.3, 0.4) is 0 Å². The molecule has 0 radical (unpaired) electrons. The highest BCUT2D eigenvalue weighted by Crippen LogP contribution is 2.27. The van der Waals surface area contributed by atoms with E-state index in [0.29, 0.717) is 24.8 Å². The molecule has 1 N–H and O–H groups in total. The number of thiazole rings is 1. The molecule has 2 rings (SSSR count). The van der Waals surface area contributed by atoms with Crippen molar-refractivity contribution in [1.82, 2.24) is 14.8 Å². The third kappa shape index (κ3) is 2.68. The molecule has 7 heteroatoms.